The van der Waals surface area contributed by atoms with Gasteiger partial charge in [-0.3, -0.25) is 0 Å². The summed E-state index contributed by atoms with van der Waals surface area (Å²) < 4.78 is 5.04. The number of aliphatic carboxylic acids is 1. The van der Waals surface area contributed by atoms with Gasteiger partial charge in [0.2, 0.25) is 0 Å². The first-order chi connectivity index (χ1) is 9.92. The number of carboxylic acids is 1. The molecule has 0 saturated heterocycles. The van der Waals surface area contributed by atoms with Gasteiger partial charge in [-0.25, -0.2) is 9.59 Å². The van der Waals surface area contributed by atoms with Gasteiger partial charge in [-0.1, -0.05) is 34.1 Å². The Kier molecular flexibility index (Phi) is 9.78. The van der Waals surface area contributed by atoms with Crippen molar-refractivity contribution in [2.45, 2.75) is 59.0 Å². The molecule has 0 aromatic carbocycles. The minimum atomic E-state index is -0.992. The summed E-state index contributed by atoms with van der Waals surface area (Å²) in [6.07, 6.45) is 2.35. The predicted molar refractivity (Wildman–Crippen MR) is 82.4 cm³/mol. The highest BCUT2D eigenvalue weighted by Gasteiger charge is 2.29. The van der Waals surface area contributed by atoms with E-state index in [1.54, 1.807) is 12.0 Å². The number of nitrogens with one attached hydrogen (secondary N) is 1. The molecule has 21 heavy (non-hydrogen) atoms. The summed E-state index contributed by atoms with van der Waals surface area (Å²) >= 11 is 0. The molecule has 0 aliphatic carbocycles. The molecule has 2 amide bonds. The van der Waals surface area contributed by atoms with E-state index in [0.717, 1.165) is 12.8 Å². The molecule has 6 heteroatoms. The molecular weight excluding hydrogens is 272 g/mol. The Morgan fingerprint density at radius 2 is 1.76 bits per heavy atom. The van der Waals surface area contributed by atoms with Gasteiger partial charge in [-0.15, -0.1) is 0 Å². The van der Waals surface area contributed by atoms with Gasteiger partial charge in [-0.05, 0) is 18.8 Å². The average molecular weight is 302 g/mol. The normalized spacial score (nSPS) is 13.8. The lowest BCUT2D eigenvalue weighted by Crippen LogP contribution is -2.53. The second kappa shape index (κ2) is 10.4. The van der Waals surface area contributed by atoms with Crippen LogP contribution >= 0.6 is 0 Å². The molecule has 0 aromatic heterocycles. The fourth-order valence-electron chi connectivity index (χ4n) is 2.27. The molecule has 2 N–H and O–H groups in total. The first-order valence-corrected chi connectivity index (χ1v) is 7.71. The highest BCUT2D eigenvalue weighted by Crippen LogP contribution is 2.12. The summed E-state index contributed by atoms with van der Waals surface area (Å²) in [4.78, 5) is 25.4. The number of nitrogens with zero attached hydrogens (tertiary/aromatic N) is 1. The zero-order valence-corrected chi connectivity index (χ0v) is 13.9. The van der Waals surface area contributed by atoms with Crippen LogP contribution in [0.3, 0.4) is 0 Å². The molecule has 6 nitrogen and oxygen atoms in total. The highest BCUT2D eigenvalue weighted by molar-refractivity contribution is 5.83. The van der Waals surface area contributed by atoms with E-state index in [4.69, 9.17) is 4.74 Å². The lowest BCUT2D eigenvalue weighted by molar-refractivity contribution is -0.140. The molecule has 0 spiro atoms. The number of ether oxygens (including phenoxy) is 1. The number of hydrogen-bond donors (Lipinski definition) is 2. The first kappa shape index (κ1) is 19.7. The largest absolute Gasteiger partial charge is 0.480 e. The van der Waals surface area contributed by atoms with Crippen LogP contribution in [0.4, 0.5) is 4.79 Å². The summed E-state index contributed by atoms with van der Waals surface area (Å²) in [6, 6.07) is -1.10. The van der Waals surface area contributed by atoms with Crippen molar-refractivity contribution in [3.05, 3.63) is 0 Å². The van der Waals surface area contributed by atoms with E-state index < -0.39 is 12.0 Å². The minimum absolute atomic E-state index is 0.0894. The number of amides is 2. The van der Waals surface area contributed by atoms with Gasteiger partial charge in [0.1, 0.15) is 6.04 Å². The topological polar surface area (TPSA) is 78.9 Å². The standard InChI is InChI=1S/C15H30N2O4/c1-6-11(4)13(14(18)19)16-15(20)17(9-10-21-5)12(7-2)8-3/h11-13H,6-10H2,1-5H3,(H,16,20)(H,18,19)/t11-,13-/m0/s1. The van der Waals surface area contributed by atoms with Crippen LogP contribution in [0.2, 0.25) is 0 Å². The Balaban J connectivity index is 4.95. The third-order valence-corrected chi connectivity index (χ3v) is 3.94. The second-order valence-corrected chi connectivity index (χ2v) is 5.31. The van der Waals surface area contributed by atoms with Crippen molar-refractivity contribution < 1.29 is 19.4 Å². The molecule has 124 valence electrons. The maximum absolute atomic E-state index is 12.4. The number of urea groups is 1. The van der Waals surface area contributed by atoms with Crippen LogP contribution in [0.15, 0.2) is 0 Å². The summed E-state index contributed by atoms with van der Waals surface area (Å²) in [6.45, 7) is 8.67. The summed E-state index contributed by atoms with van der Waals surface area (Å²) in [7, 11) is 1.59. The fourth-order valence-corrected chi connectivity index (χ4v) is 2.27. The van der Waals surface area contributed by atoms with Crippen LogP contribution in [-0.2, 0) is 9.53 Å². The Morgan fingerprint density at radius 3 is 2.14 bits per heavy atom. The second-order valence-electron chi connectivity index (χ2n) is 5.31. The quantitative estimate of drug-likeness (QED) is 0.649. The molecule has 0 aromatic rings. The molecule has 2 atom stereocenters. The predicted octanol–water partition coefficient (Wildman–Crippen LogP) is 2.33. The lowest BCUT2D eigenvalue weighted by Gasteiger charge is -2.32. The Bertz CT molecular complexity index is 319. The smallest absolute Gasteiger partial charge is 0.326 e. The van der Waals surface area contributed by atoms with Crippen molar-refractivity contribution in [3.63, 3.8) is 0 Å². The SMILES string of the molecule is CCC(CC)N(CCOC)C(=O)N[C@H](C(=O)O)[C@@H](C)CC. The average Bonchev–Trinajstić information content (AvgIpc) is 2.47. The zero-order chi connectivity index (χ0) is 16.4. The fraction of sp³-hybridized carbons (Fsp3) is 0.867. The van der Waals surface area contributed by atoms with E-state index in [1.165, 1.54) is 0 Å². The van der Waals surface area contributed by atoms with Crippen molar-refractivity contribution in [1.82, 2.24) is 10.2 Å². The molecule has 0 aliphatic rings. The third-order valence-electron chi connectivity index (χ3n) is 3.94. The van der Waals surface area contributed by atoms with Crippen molar-refractivity contribution in [2.75, 3.05) is 20.3 Å². The van der Waals surface area contributed by atoms with Crippen LogP contribution in [-0.4, -0.2) is 54.4 Å². The first-order valence-electron chi connectivity index (χ1n) is 7.71. The number of carbonyl (C=O) groups excluding carboxylic acids is 1. The summed E-state index contributed by atoms with van der Waals surface area (Å²) in [5.74, 6) is -1.11. The van der Waals surface area contributed by atoms with E-state index in [0.29, 0.717) is 19.6 Å². The molecule has 0 aliphatic heterocycles. The van der Waals surface area contributed by atoms with Gasteiger partial charge < -0.3 is 20.1 Å². The molecular formula is C15H30N2O4. The van der Waals surface area contributed by atoms with Crippen LogP contribution in [0.5, 0.6) is 0 Å². The van der Waals surface area contributed by atoms with E-state index in [9.17, 15) is 14.7 Å². The van der Waals surface area contributed by atoms with Crippen LogP contribution < -0.4 is 5.32 Å². The minimum Gasteiger partial charge on any atom is -0.480 e. The molecule has 0 radical (unpaired) electrons. The number of carbonyl (C=O) groups is 2. The number of rotatable bonds is 10. The molecule has 0 unspecified atom stereocenters. The molecule has 0 saturated carbocycles. The van der Waals surface area contributed by atoms with Crippen molar-refractivity contribution >= 4 is 12.0 Å². The van der Waals surface area contributed by atoms with Gasteiger partial charge >= 0.3 is 12.0 Å². The summed E-state index contributed by atoms with van der Waals surface area (Å²) in [5, 5.41) is 11.9. The maximum Gasteiger partial charge on any atom is 0.326 e. The van der Waals surface area contributed by atoms with E-state index >= 15 is 0 Å². The number of hydrogen-bond acceptors (Lipinski definition) is 3. The van der Waals surface area contributed by atoms with Gasteiger partial charge in [-0.2, -0.15) is 0 Å². The van der Waals surface area contributed by atoms with Crippen molar-refractivity contribution in [2.24, 2.45) is 5.92 Å². The van der Waals surface area contributed by atoms with Gasteiger partial charge in [0, 0.05) is 19.7 Å². The van der Waals surface area contributed by atoms with E-state index in [1.807, 2.05) is 27.7 Å². The van der Waals surface area contributed by atoms with E-state index in [2.05, 4.69) is 5.32 Å². The van der Waals surface area contributed by atoms with Gasteiger partial charge in [0.05, 0.1) is 6.61 Å². The zero-order valence-electron chi connectivity index (χ0n) is 13.9. The maximum atomic E-state index is 12.4. The van der Waals surface area contributed by atoms with Crippen LogP contribution in [0.1, 0.15) is 47.0 Å². The third kappa shape index (κ3) is 6.33. The van der Waals surface area contributed by atoms with Crippen molar-refractivity contribution in [1.29, 1.82) is 0 Å². The van der Waals surface area contributed by atoms with Gasteiger partial charge in [0.15, 0.2) is 0 Å². The molecule has 0 rings (SSSR count). The monoisotopic (exact) mass is 302 g/mol. The van der Waals surface area contributed by atoms with Crippen LogP contribution in [0.25, 0.3) is 0 Å². The lowest BCUT2D eigenvalue weighted by atomic mass is 9.99. The Labute approximate surface area is 127 Å². The number of carboxylic acid groups (broad SMARTS) is 1. The molecule has 0 fully saturated rings. The number of methoxy groups -OCH3 is 1. The molecule has 0 heterocycles. The summed E-state index contributed by atoms with van der Waals surface area (Å²) in [5.41, 5.74) is 0. The van der Waals surface area contributed by atoms with Crippen molar-refractivity contribution in [3.8, 4) is 0 Å². The highest BCUT2D eigenvalue weighted by atomic mass is 16.5. The van der Waals surface area contributed by atoms with E-state index in [-0.39, 0.29) is 18.0 Å². The molecule has 0 bridgehead atoms. The Hall–Kier alpha value is -1.30. The van der Waals surface area contributed by atoms with Gasteiger partial charge in [0.25, 0.3) is 0 Å². The Morgan fingerprint density at radius 1 is 1.19 bits per heavy atom. The van der Waals surface area contributed by atoms with Crippen LogP contribution in [0, 0.1) is 5.92 Å².